The second-order valence-electron chi connectivity index (χ2n) is 13.3. The number of fused-ring (bicyclic) bond motifs is 1. The fourth-order valence-electron chi connectivity index (χ4n) is 6.37. The number of likely N-dealkylation sites (tertiary alicyclic amines) is 1. The van der Waals surface area contributed by atoms with Crippen LogP contribution in [-0.4, -0.2) is 72.0 Å². The molecule has 4 rings (SSSR count). The highest BCUT2D eigenvalue weighted by Gasteiger charge is 2.37. The van der Waals surface area contributed by atoms with Crippen LogP contribution in [0.15, 0.2) is 18.2 Å². The van der Waals surface area contributed by atoms with Gasteiger partial charge in [-0.15, -0.1) is 0 Å². The highest BCUT2D eigenvalue weighted by atomic mass is 16.6. The number of nitrogens with one attached hydrogen (secondary N) is 1. The van der Waals surface area contributed by atoms with E-state index < -0.39 is 11.6 Å². The molecule has 2 amide bonds. The van der Waals surface area contributed by atoms with Gasteiger partial charge in [0, 0.05) is 44.2 Å². The number of ether oxygens (including phenoxy) is 1. The van der Waals surface area contributed by atoms with Crippen molar-refractivity contribution < 1.29 is 19.1 Å². The summed E-state index contributed by atoms with van der Waals surface area (Å²) in [7, 11) is 0. The first-order valence-electron chi connectivity index (χ1n) is 15.2. The second-order valence-corrected chi connectivity index (χ2v) is 13.3. The third-order valence-electron chi connectivity index (χ3n) is 8.64. The van der Waals surface area contributed by atoms with Gasteiger partial charge in [0.1, 0.15) is 11.6 Å². The van der Waals surface area contributed by atoms with Gasteiger partial charge in [0.15, 0.2) is 5.78 Å². The van der Waals surface area contributed by atoms with E-state index in [9.17, 15) is 14.4 Å². The summed E-state index contributed by atoms with van der Waals surface area (Å²) in [5, 5.41) is 3.15. The summed E-state index contributed by atoms with van der Waals surface area (Å²) in [5.74, 6) is 1.43. The van der Waals surface area contributed by atoms with Crippen molar-refractivity contribution in [1.29, 1.82) is 0 Å². The van der Waals surface area contributed by atoms with Gasteiger partial charge in [-0.25, -0.2) is 4.79 Å². The number of carbonyl (C=O) groups excluding carboxylic acids is 3. The summed E-state index contributed by atoms with van der Waals surface area (Å²) in [6.45, 7) is 14.0. The molecule has 7 heteroatoms. The van der Waals surface area contributed by atoms with E-state index in [1.54, 1.807) is 4.90 Å². The van der Waals surface area contributed by atoms with Crippen LogP contribution in [-0.2, 0) is 22.4 Å². The quantitative estimate of drug-likeness (QED) is 0.479. The number of ketones is 1. The van der Waals surface area contributed by atoms with Crippen LogP contribution in [0.5, 0.6) is 0 Å². The fraction of sp³-hybridized carbons (Fsp3) is 0.719. The molecular formula is C32H49N3O4. The van der Waals surface area contributed by atoms with E-state index in [1.807, 2.05) is 40.7 Å². The van der Waals surface area contributed by atoms with Crippen LogP contribution in [0.25, 0.3) is 0 Å². The van der Waals surface area contributed by atoms with Gasteiger partial charge in [0.25, 0.3) is 0 Å². The van der Waals surface area contributed by atoms with Crippen LogP contribution in [0.3, 0.4) is 0 Å². The molecule has 1 atom stereocenters. The average Bonchev–Trinajstić information content (AvgIpc) is 3.30. The molecule has 1 N–H and O–H groups in total. The number of amides is 2. The zero-order valence-corrected chi connectivity index (χ0v) is 24.8. The summed E-state index contributed by atoms with van der Waals surface area (Å²) in [4.78, 5) is 42.1. The Kier molecular flexibility index (Phi) is 9.73. The summed E-state index contributed by atoms with van der Waals surface area (Å²) >= 11 is 0. The monoisotopic (exact) mass is 539 g/mol. The van der Waals surface area contributed by atoms with E-state index in [0.717, 1.165) is 57.3 Å². The van der Waals surface area contributed by atoms with Crippen molar-refractivity contribution in [1.82, 2.24) is 15.1 Å². The smallest absolute Gasteiger partial charge is 0.410 e. The Hall–Kier alpha value is -2.41. The van der Waals surface area contributed by atoms with Gasteiger partial charge in [-0.3, -0.25) is 14.5 Å². The van der Waals surface area contributed by atoms with E-state index in [-0.39, 0.29) is 23.7 Å². The van der Waals surface area contributed by atoms with Crippen molar-refractivity contribution in [3.05, 3.63) is 34.9 Å². The molecule has 0 bridgehead atoms. The fourth-order valence-corrected chi connectivity index (χ4v) is 6.37. The molecule has 0 unspecified atom stereocenters. The van der Waals surface area contributed by atoms with Crippen molar-refractivity contribution in [3.63, 3.8) is 0 Å². The number of hydrogen-bond donors (Lipinski definition) is 1. The first-order chi connectivity index (χ1) is 18.5. The molecule has 216 valence electrons. The molecule has 0 spiro atoms. The molecule has 2 heterocycles. The lowest BCUT2D eigenvalue weighted by Crippen LogP contribution is -2.48. The van der Waals surface area contributed by atoms with Crippen molar-refractivity contribution >= 4 is 17.8 Å². The van der Waals surface area contributed by atoms with Crippen molar-refractivity contribution in [2.45, 2.75) is 97.6 Å². The molecule has 0 radical (unpaired) electrons. The maximum atomic E-state index is 12.9. The number of hydrogen-bond acceptors (Lipinski definition) is 5. The SMILES string of the molecule is CC(C)C(=O)c1ccc2c(c1)CCN(CC1CCC(CNC(=O)[C@H]3CCCN3C(=O)OC(C)(C)C)CC1)CC2. The normalized spacial score (nSPS) is 24.3. The molecule has 7 nitrogen and oxygen atoms in total. The predicted molar refractivity (Wildman–Crippen MR) is 154 cm³/mol. The first-order valence-corrected chi connectivity index (χ1v) is 15.2. The van der Waals surface area contributed by atoms with Gasteiger partial charge in [0.05, 0.1) is 0 Å². The van der Waals surface area contributed by atoms with Gasteiger partial charge in [-0.05, 0) is 101 Å². The minimum Gasteiger partial charge on any atom is -0.444 e. The minimum atomic E-state index is -0.561. The Morgan fingerprint density at radius 2 is 1.62 bits per heavy atom. The number of rotatable bonds is 7. The van der Waals surface area contributed by atoms with Crippen LogP contribution in [0.1, 0.15) is 94.6 Å². The Labute approximate surface area is 235 Å². The average molecular weight is 540 g/mol. The van der Waals surface area contributed by atoms with Gasteiger partial charge in [-0.2, -0.15) is 0 Å². The number of benzene rings is 1. The minimum absolute atomic E-state index is 0.0309. The van der Waals surface area contributed by atoms with Gasteiger partial charge in [-0.1, -0.05) is 26.0 Å². The van der Waals surface area contributed by atoms with E-state index in [0.29, 0.717) is 31.3 Å². The number of carbonyl (C=O) groups is 3. The van der Waals surface area contributed by atoms with E-state index in [2.05, 4.69) is 22.3 Å². The van der Waals surface area contributed by atoms with Crippen molar-refractivity contribution in [3.8, 4) is 0 Å². The highest BCUT2D eigenvalue weighted by molar-refractivity contribution is 5.97. The van der Waals surface area contributed by atoms with E-state index in [1.165, 1.54) is 24.0 Å². The largest absolute Gasteiger partial charge is 0.444 e. The summed E-state index contributed by atoms with van der Waals surface area (Å²) in [6, 6.07) is 5.91. The molecule has 1 aliphatic carbocycles. The van der Waals surface area contributed by atoms with Crippen LogP contribution in [0, 0.1) is 17.8 Å². The molecule has 1 aromatic rings. The Bertz CT molecular complexity index is 1020. The zero-order valence-electron chi connectivity index (χ0n) is 24.8. The number of Topliss-reactive ketones (excluding diaryl/α,β-unsaturated/α-hetero) is 1. The molecule has 0 aromatic heterocycles. The molecular weight excluding hydrogens is 490 g/mol. The highest BCUT2D eigenvalue weighted by Crippen LogP contribution is 2.30. The van der Waals surface area contributed by atoms with Gasteiger partial charge in [0.2, 0.25) is 5.91 Å². The number of nitrogens with zero attached hydrogens (tertiary/aromatic N) is 2. The molecule has 1 aromatic carbocycles. The summed E-state index contributed by atoms with van der Waals surface area (Å²) in [6.07, 6.45) is 7.89. The van der Waals surface area contributed by atoms with Crippen LogP contribution < -0.4 is 5.32 Å². The predicted octanol–water partition coefficient (Wildman–Crippen LogP) is 5.25. The van der Waals surface area contributed by atoms with E-state index in [4.69, 9.17) is 4.74 Å². The van der Waals surface area contributed by atoms with Crippen molar-refractivity contribution in [2.75, 3.05) is 32.7 Å². The molecule has 2 aliphatic heterocycles. The third kappa shape index (κ3) is 8.06. The Balaban J connectivity index is 1.19. The zero-order chi connectivity index (χ0) is 28.2. The second kappa shape index (κ2) is 12.8. The summed E-state index contributed by atoms with van der Waals surface area (Å²) in [5.41, 5.74) is 3.03. The topological polar surface area (TPSA) is 79.0 Å². The van der Waals surface area contributed by atoms with Crippen LogP contribution in [0.2, 0.25) is 0 Å². The lowest BCUT2D eigenvalue weighted by molar-refractivity contribution is -0.125. The van der Waals surface area contributed by atoms with Gasteiger partial charge >= 0.3 is 6.09 Å². The van der Waals surface area contributed by atoms with Crippen LogP contribution >= 0.6 is 0 Å². The Morgan fingerprint density at radius 3 is 2.28 bits per heavy atom. The summed E-state index contributed by atoms with van der Waals surface area (Å²) < 4.78 is 5.51. The maximum Gasteiger partial charge on any atom is 0.410 e. The lowest BCUT2D eigenvalue weighted by Gasteiger charge is -2.33. The van der Waals surface area contributed by atoms with Crippen molar-refractivity contribution in [2.24, 2.45) is 17.8 Å². The molecule has 3 aliphatic rings. The van der Waals surface area contributed by atoms with E-state index >= 15 is 0 Å². The molecule has 2 fully saturated rings. The third-order valence-corrected chi connectivity index (χ3v) is 8.64. The van der Waals surface area contributed by atoms with Gasteiger partial charge < -0.3 is 15.0 Å². The first kappa shape index (κ1) is 29.6. The lowest BCUT2D eigenvalue weighted by atomic mass is 9.81. The van der Waals surface area contributed by atoms with Crippen LogP contribution in [0.4, 0.5) is 4.79 Å². The standard InChI is InChI=1S/C32H49N3O4/c1-22(2)29(36)27-13-12-25-14-17-34(18-15-26(25)19-27)21-24-10-8-23(9-11-24)20-33-30(37)28-7-6-16-35(28)31(38)39-32(3,4)5/h12-13,19,22-24,28H,6-11,14-18,20-21H2,1-5H3,(H,33,37)/t23?,24?,28-/m1/s1. The Morgan fingerprint density at radius 1 is 0.949 bits per heavy atom. The molecule has 1 saturated carbocycles. The molecule has 1 saturated heterocycles. The molecule has 39 heavy (non-hydrogen) atoms. The maximum absolute atomic E-state index is 12.9.